The maximum absolute atomic E-state index is 12.8. The molecule has 0 bridgehead atoms. The Morgan fingerprint density at radius 1 is 1.42 bits per heavy atom. The Labute approximate surface area is 145 Å². The van der Waals surface area contributed by atoms with E-state index in [0.717, 1.165) is 37.8 Å². The number of nitrogens with two attached hydrogens (primary N) is 1. The van der Waals surface area contributed by atoms with Gasteiger partial charge in [-0.2, -0.15) is 0 Å². The molecule has 2 N–H and O–H groups in total. The van der Waals surface area contributed by atoms with Crippen LogP contribution in [0, 0.1) is 5.92 Å². The Hall–Kier alpha value is -1.39. The van der Waals surface area contributed by atoms with Crippen molar-refractivity contribution in [1.29, 1.82) is 0 Å². The summed E-state index contributed by atoms with van der Waals surface area (Å²) in [6.45, 7) is 7.24. The molecule has 1 aromatic carbocycles. The van der Waals surface area contributed by atoms with Crippen LogP contribution in [0.15, 0.2) is 18.2 Å². The second-order valence-electron chi connectivity index (χ2n) is 7.82. The van der Waals surface area contributed by atoms with Gasteiger partial charge in [-0.05, 0) is 62.1 Å². The van der Waals surface area contributed by atoms with Gasteiger partial charge in [-0.3, -0.25) is 4.79 Å². The second kappa shape index (κ2) is 7.24. The van der Waals surface area contributed by atoms with Gasteiger partial charge in [-0.15, -0.1) is 0 Å². The fourth-order valence-electron chi connectivity index (χ4n) is 4.07. The van der Waals surface area contributed by atoms with Crippen molar-refractivity contribution in [1.82, 2.24) is 0 Å². The number of amides is 1. The first-order valence-electron chi connectivity index (χ1n) is 9.27. The maximum atomic E-state index is 12.8. The van der Waals surface area contributed by atoms with E-state index in [4.69, 9.17) is 10.5 Å². The van der Waals surface area contributed by atoms with Crippen LogP contribution >= 0.6 is 0 Å². The van der Waals surface area contributed by atoms with E-state index in [1.807, 2.05) is 4.90 Å². The monoisotopic (exact) mass is 330 g/mol. The van der Waals surface area contributed by atoms with E-state index >= 15 is 0 Å². The zero-order valence-electron chi connectivity index (χ0n) is 15.1. The SMILES string of the molecule is CC(C)CC(N)Cc1ccc2c(c1)CC(C)N2C(=O)C1CCCO1. The number of rotatable bonds is 5. The van der Waals surface area contributed by atoms with Gasteiger partial charge >= 0.3 is 0 Å². The van der Waals surface area contributed by atoms with E-state index in [9.17, 15) is 4.79 Å². The minimum atomic E-state index is -0.252. The van der Waals surface area contributed by atoms with Gasteiger partial charge in [0.1, 0.15) is 6.10 Å². The number of ether oxygens (including phenoxy) is 1. The largest absolute Gasteiger partial charge is 0.368 e. The standard InChI is InChI=1S/C20H30N2O2/c1-13(2)9-17(21)12-15-6-7-18-16(11-15)10-14(3)22(18)20(23)19-5-4-8-24-19/h6-7,11,13-14,17,19H,4-5,8-10,12,21H2,1-3H3. The number of fused-ring (bicyclic) bond motifs is 1. The predicted molar refractivity (Wildman–Crippen MR) is 97.2 cm³/mol. The number of carbonyl (C=O) groups excluding carboxylic acids is 1. The molecule has 4 heteroatoms. The summed E-state index contributed by atoms with van der Waals surface area (Å²) in [4.78, 5) is 14.7. The van der Waals surface area contributed by atoms with E-state index in [0.29, 0.717) is 12.5 Å². The summed E-state index contributed by atoms with van der Waals surface area (Å²) >= 11 is 0. The fourth-order valence-corrected chi connectivity index (χ4v) is 4.07. The molecule has 24 heavy (non-hydrogen) atoms. The van der Waals surface area contributed by atoms with Crippen LogP contribution in [-0.4, -0.2) is 30.7 Å². The molecule has 3 rings (SSSR count). The normalized spacial score (nSPS) is 24.5. The van der Waals surface area contributed by atoms with Crippen LogP contribution in [0.4, 0.5) is 5.69 Å². The molecule has 3 unspecified atom stereocenters. The number of hydrogen-bond acceptors (Lipinski definition) is 3. The highest BCUT2D eigenvalue weighted by molar-refractivity contribution is 5.99. The van der Waals surface area contributed by atoms with Crippen molar-refractivity contribution in [2.45, 2.75) is 71.1 Å². The van der Waals surface area contributed by atoms with Gasteiger partial charge in [0.05, 0.1) is 0 Å². The molecule has 0 saturated carbocycles. The second-order valence-corrected chi connectivity index (χ2v) is 7.82. The maximum Gasteiger partial charge on any atom is 0.256 e. The summed E-state index contributed by atoms with van der Waals surface area (Å²) in [6.07, 6.45) is 4.44. The highest BCUT2D eigenvalue weighted by Gasteiger charge is 2.36. The van der Waals surface area contributed by atoms with Gasteiger partial charge in [0, 0.05) is 24.4 Å². The van der Waals surface area contributed by atoms with Crippen molar-refractivity contribution in [2.24, 2.45) is 11.7 Å². The van der Waals surface area contributed by atoms with Crippen LogP contribution in [0.25, 0.3) is 0 Å². The fraction of sp³-hybridized carbons (Fsp3) is 0.650. The van der Waals surface area contributed by atoms with Crippen LogP contribution in [0.1, 0.15) is 51.2 Å². The van der Waals surface area contributed by atoms with Crippen molar-refractivity contribution in [2.75, 3.05) is 11.5 Å². The van der Waals surface area contributed by atoms with Gasteiger partial charge in [0.25, 0.3) is 5.91 Å². The first-order valence-corrected chi connectivity index (χ1v) is 9.27. The molecule has 0 spiro atoms. The van der Waals surface area contributed by atoms with E-state index in [1.54, 1.807) is 0 Å². The average molecular weight is 330 g/mol. The molecule has 0 aromatic heterocycles. The Morgan fingerprint density at radius 2 is 2.21 bits per heavy atom. The molecule has 0 aliphatic carbocycles. The molecule has 132 valence electrons. The van der Waals surface area contributed by atoms with Crippen molar-refractivity contribution in [3.05, 3.63) is 29.3 Å². The number of carbonyl (C=O) groups is 1. The topological polar surface area (TPSA) is 55.6 Å². The van der Waals surface area contributed by atoms with Crippen molar-refractivity contribution >= 4 is 11.6 Å². The molecular weight excluding hydrogens is 300 g/mol. The molecule has 0 radical (unpaired) electrons. The average Bonchev–Trinajstić information content (AvgIpc) is 3.12. The minimum Gasteiger partial charge on any atom is -0.368 e. The van der Waals surface area contributed by atoms with Crippen LogP contribution in [0.5, 0.6) is 0 Å². The first kappa shape index (κ1) is 17.4. The van der Waals surface area contributed by atoms with Crippen molar-refractivity contribution in [3.8, 4) is 0 Å². The van der Waals surface area contributed by atoms with Gasteiger partial charge < -0.3 is 15.4 Å². The molecule has 1 saturated heterocycles. The zero-order valence-corrected chi connectivity index (χ0v) is 15.1. The van der Waals surface area contributed by atoms with Gasteiger partial charge in [0.2, 0.25) is 0 Å². The van der Waals surface area contributed by atoms with Crippen molar-refractivity contribution in [3.63, 3.8) is 0 Å². The number of hydrogen-bond donors (Lipinski definition) is 1. The number of benzene rings is 1. The van der Waals surface area contributed by atoms with Crippen LogP contribution in [-0.2, 0) is 22.4 Å². The Balaban J connectivity index is 1.74. The Bertz CT molecular complexity index is 593. The Morgan fingerprint density at radius 3 is 2.88 bits per heavy atom. The number of anilines is 1. The summed E-state index contributed by atoms with van der Waals surface area (Å²) < 4.78 is 5.60. The third kappa shape index (κ3) is 3.65. The smallest absolute Gasteiger partial charge is 0.256 e. The lowest BCUT2D eigenvalue weighted by Gasteiger charge is -2.25. The summed E-state index contributed by atoms with van der Waals surface area (Å²) in [7, 11) is 0. The summed E-state index contributed by atoms with van der Waals surface area (Å²) in [5, 5.41) is 0. The highest BCUT2D eigenvalue weighted by Crippen LogP contribution is 2.34. The van der Waals surface area contributed by atoms with E-state index < -0.39 is 0 Å². The lowest BCUT2D eigenvalue weighted by atomic mass is 9.96. The van der Waals surface area contributed by atoms with E-state index in [-0.39, 0.29) is 24.1 Å². The highest BCUT2D eigenvalue weighted by atomic mass is 16.5. The molecular formula is C20H30N2O2. The third-order valence-corrected chi connectivity index (χ3v) is 5.07. The molecule has 3 atom stereocenters. The predicted octanol–water partition coefficient (Wildman–Crippen LogP) is 3.06. The summed E-state index contributed by atoms with van der Waals surface area (Å²) in [5.74, 6) is 0.747. The molecule has 2 aliphatic heterocycles. The molecule has 2 heterocycles. The molecule has 1 fully saturated rings. The van der Waals surface area contributed by atoms with Gasteiger partial charge in [0.15, 0.2) is 0 Å². The third-order valence-electron chi connectivity index (χ3n) is 5.07. The minimum absolute atomic E-state index is 0.128. The van der Waals surface area contributed by atoms with E-state index in [2.05, 4.69) is 39.0 Å². The van der Waals surface area contributed by atoms with Crippen LogP contribution < -0.4 is 10.6 Å². The zero-order chi connectivity index (χ0) is 17.3. The summed E-state index contributed by atoms with van der Waals surface area (Å²) in [6, 6.07) is 6.88. The van der Waals surface area contributed by atoms with Crippen molar-refractivity contribution < 1.29 is 9.53 Å². The van der Waals surface area contributed by atoms with Crippen LogP contribution in [0.3, 0.4) is 0 Å². The van der Waals surface area contributed by atoms with E-state index in [1.165, 1.54) is 11.1 Å². The quantitative estimate of drug-likeness (QED) is 0.903. The first-order chi connectivity index (χ1) is 11.5. The lowest BCUT2D eigenvalue weighted by Crippen LogP contribution is -2.42. The lowest BCUT2D eigenvalue weighted by molar-refractivity contribution is -0.127. The molecule has 1 aromatic rings. The molecule has 2 aliphatic rings. The van der Waals surface area contributed by atoms with Gasteiger partial charge in [-0.25, -0.2) is 0 Å². The Kier molecular flexibility index (Phi) is 5.26. The summed E-state index contributed by atoms with van der Waals surface area (Å²) in [5.41, 5.74) is 9.86. The van der Waals surface area contributed by atoms with Gasteiger partial charge in [-0.1, -0.05) is 26.0 Å². The van der Waals surface area contributed by atoms with Crippen LogP contribution in [0.2, 0.25) is 0 Å². The molecule has 1 amide bonds. The molecule has 4 nitrogen and oxygen atoms in total. The number of nitrogens with zero attached hydrogens (tertiary/aromatic N) is 1.